The van der Waals surface area contributed by atoms with Crippen LogP contribution in [0.25, 0.3) is 0 Å². The molecule has 1 aliphatic rings. The number of hydrogen-bond acceptors (Lipinski definition) is 3. The fraction of sp³-hybridized carbons (Fsp3) is 0.429. The lowest BCUT2D eigenvalue weighted by Gasteiger charge is -2.16. The zero-order valence-electron chi connectivity index (χ0n) is 10.9. The summed E-state index contributed by atoms with van der Waals surface area (Å²) in [5.74, 6) is 1.16. The second-order valence-electron chi connectivity index (χ2n) is 4.81. The van der Waals surface area contributed by atoms with Crippen molar-refractivity contribution in [2.75, 3.05) is 7.11 Å². The lowest BCUT2D eigenvalue weighted by molar-refractivity contribution is -0.120. The van der Waals surface area contributed by atoms with E-state index in [1.807, 2.05) is 24.3 Å². The van der Waals surface area contributed by atoms with Crippen molar-refractivity contribution in [3.05, 3.63) is 29.8 Å². The van der Waals surface area contributed by atoms with Crippen LogP contribution in [0.3, 0.4) is 0 Å². The van der Waals surface area contributed by atoms with E-state index >= 15 is 0 Å². The first kappa shape index (κ1) is 13.8. The van der Waals surface area contributed by atoms with Crippen molar-refractivity contribution < 1.29 is 9.53 Å². The molecular formula is C14H18N2O2S. The largest absolute Gasteiger partial charge is 0.497 e. The Kier molecular flexibility index (Phi) is 4.37. The van der Waals surface area contributed by atoms with Crippen molar-refractivity contribution >= 4 is 23.1 Å². The van der Waals surface area contributed by atoms with Crippen LogP contribution in [0.2, 0.25) is 0 Å². The van der Waals surface area contributed by atoms with E-state index in [0.717, 1.165) is 24.2 Å². The molecule has 5 heteroatoms. The minimum atomic E-state index is -0.152. The number of methoxy groups -OCH3 is 1. The van der Waals surface area contributed by atoms with Crippen molar-refractivity contribution in [3.8, 4) is 5.75 Å². The molecule has 4 nitrogen and oxygen atoms in total. The van der Waals surface area contributed by atoms with Gasteiger partial charge in [0.05, 0.1) is 24.6 Å². The lowest BCUT2D eigenvalue weighted by atomic mass is 10.1. The van der Waals surface area contributed by atoms with Crippen LogP contribution in [0.1, 0.15) is 18.4 Å². The highest BCUT2D eigenvalue weighted by atomic mass is 32.1. The molecule has 0 bridgehead atoms. The maximum Gasteiger partial charge on any atom is 0.224 e. The van der Waals surface area contributed by atoms with Crippen LogP contribution in [0.15, 0.2) is 24.3 Å². The summed E-state index contributed by atoms with van der Waals surface area (Å²) in [5, 5.41) is 2.92. The molecule has 1 atom stereocenters. The molecule has 2 rings (SSSR count). The van der Waals surface area contributed by atoms with Gasteiger partial charge in [0.1, 0.15) is 5.75 Å². The fourth-order valence-electron chi connectivity index (χ4n) is 2.00. The van der Waals surface area contributed by atoms with Crippen LogP contribution in [-0.2, 0) is 11.2 Å². The molecule has 1 saturated carbocycles. The van der Waals surface area contributed by atoms with Gasteiger partial charge in [0.25, 0.3) is 0 Å². The Morgan fingerprint density at radius 3 is 2.58 bits per heavy atom. The fourth-order valence-corrected chi connectivity index (χ4v) is 2.26. The van der Waals surface area contributed by atoms with Crippen LogP contribution in [0, 0.1) is 5.92 Å². The second-order valence-corrected chi connectivity index (χ2v) is 5.28. The number of carbonyl (C=O) groups is 1. The predicted molar refractivity (Wildman–Crippen MR) is 78.1 cm³/mol. The predicted octanol–water partition coefficient (Wildman–Crippen LogP) is 1.42. The van der Waals surface area contributed by atoms with Crippen LogP contribution >= 0.6 is 12.2 Å². The number of rotatable bonds is 6. The Morgan fingerprint density at radius 1 is 1.47 bits per heavy atom. The van der Waals surface area contributed by atoms with E-state index < -0.39 is 0 Å². The normalized spacial score (nSPS) is 15.6. The van der Waals surface area contributed by atoms with Gasteiger partial charge in [-0.25, -0.2) is 0 Å². The third-order valence-corrected chi connectivity index (χ3v) is 3.49. The summed E-state index contributed by atoms with van der Waals surface area (Å²) in [6, 6.07) is 7.29. The van der Waals surface area contributed by atoms with Crippen LogP contribution in [0.5, 0.6) is 5.75 Å². The zero-order valence-corrected chi connectivity index (χ0v) is 11.7. The van der Waals surface area contributed by atoms with E-state index in [-0.39, 0.29) is 11.9 Å². The van der Waals surface area contributed by atoms with E-state index in [9.17, 15) is 4.79 Å². The highest BCUT2D eigenvalue weighted by Crippen LogP contribution is 2.32. The molecule has 1 amide bonds. The summed E-state index contributed by atoms with van der Waals surface area (Å²) in [6.07, 6.45) is 2.51. The monoisotopic (exact) mass is 278 g/mol. The molecule has 0 saturated heterocycles. The Balaban J connectivity index is 1.90. The summed E-state index contributed by atoms with van der Waals surface area (Å²) >= 11 is 5.00. The highest BCUT2D eigenvalue weighted by molar-refractivity contribution is 7.80. The van der Waals surface area contributed by atoms with Gasteiger partial charge >= 0.3 is 0 Å². The molecule has 19 heavy (non-hydrogen) atoms. The third kappa shape index (κ3) is 3.92. The summed E-state index contributed by atoms with van der Waals surface area (Å²) in [7, 11) is 1.62. The number of nitrogens with one attached hydrogen (secondary N) is 1. The summed E-state index contributed by atoms with van der Waals surface area (Å²) in [6.45, 7) is 0. The van der Waals surface area contributed by atoms with Gasteiger partial charge in [-0.15, -0.1) is 0 Å². The second kappa shape index (κ2) is 6.02. The minimum Gasteiger partial charge on any atom is -0.497 e. The number of hydrogen-bond donors (Lipinski definition) is 2. The SMILES string of the molecule is COc1ccc(CC(=O)NC(C(N)=S)C2CC2)cc1. The number of benzene rings is 1. The Labute approximate surface area is 118 Å². The summed E-state index contributed by atoms with van der Waals surface area (Å²) in [4.78, 5) is 12.3. The molecule has 0 spiro atoms. The maximum absolute atomic E-state index is 12.0. The average molecular weight is 278 g/mol. The molecule has 102 valence electrons. The van der Waals surface area contributed by atoms with Gasteiger partial charge < -0.3 is 15.8 Å². The summed E-state index contributed by atoms with van der Waals surface area (Å²) < 4.78 is 5.08. The molecule has 1 aliphatic carbocycles. The maximum atomic E-state index is 12.0. The van der Waals surface area contributed by atoms with Gasteiger partial charge in [0.2, 0.25) is 5.91 Å². The topological polar surface area (TPSA) is 64.3 Å². The van der Waals surface area contributed by atoms with Crippen molar-refractivity contribution in [2.24, 2.45) is 11.7 Å². The number of carbonyl (C=O) groups excluding carboxylic acids is 1. The van der Waals surface area contributed by atoms with Gasteiger partial charge in [-0.05, 0) is 36.5 Å². The van der Waals surface area contributed by atoms with Gasteiger partial charge in [-0.3, -0.25) is 4.79 Å². The van der Waals surface area contributed by atoms with Crippen LogP contribution in [-0.4, -0.2) is 24.0 Å². The number of ether oxygens (including phenoxy) is 1. The molecule has 0 radical (unpaired) electrons. The highest BCUT2D eigenvalue weighted by Gasteiger charge is 2.33. The average Bonchev–Trinajstić information content (AvgIpc) is 3.21. The van der Waals surface area contributed by atoms with Crippen molar-refractivity contribution in [1.82, 2.24) is 5.32 Å². The van der Waals surface area contributed by atoms with Crippen LogP contribution < -0.4 is 15.8 Å². The molecule has 0 aliphatic heterocycles. The minimum absolute atomic E-state index is 0.0464. The molecular weight excluding hydrogens is 260 g/mol. The van der Waals surface area contributed by atoms with E-state index in [0.29, 0.717) is 17.3 Å². The molecule has 1 aromatic rings. The first-order valence-corrected chi connectivity index (χ1v) is 6.72. The number of thiocarbonyl (C=S) groups is 1. The van der Waals surface area contributed by atoms with Gasteiger partial charge in [0, 0.05) is 0 Å². The van der Waals surface area contributed by atoms with E-state index in [4.69, 9.17) is 22.7 Å². The molecule has 1 unspecified atom stereocenters. The van der Waals surface area contributed by atoms with Crippen molar-refractivity contribution in [1.29, 1.82) is 0 Å². The number of nitrogens with two attached hydrogens (primary N) is 1. The molecule has 1 fully saturated rings. The molecule has 0 aromatic heterocycles. The van der Waals surface area contributed by atoms with Gasteiger partial charge in [0.15, 0.2) is 0 Å². The van der Waals surface area contributed by atoms with E-state index in [2.05, 4.69) is 5.32 Å². The van der Waals surface area contributed by atoms with Crippen molar-refractivity contribution in [2.45, 2.75) is 25.3 Å². The van der Waals surface area contributed by atoms with E-state index in [1.165, 1.54) is 0 Å². The van der Waals surface area contributed by atoms with Crippen LogP contribution in [0.4, 0.5) is 0 Å². The summed E-state index contributed by atoms with van der Waals surface area (Å²) in [5.41, 5.74) is 6.60. The zero-order chi connectivity index (χ0) is 13.8. The van der Waals surface area contributed by atoms with Crippen molar-refractivity contribution in [3.63, 3.8) is 0 Å². The van der Waals surface area contributed by atoms with Gasteiger partial charge in [-0.2, -0.15) is 0 Å². The first-order chi connectivity index (χ1) is 9.10. The lowest BCUT2D eigenvalue weighted by Crippen LogP contribution is -2.45. The smallest absolute Gasteiger partial charge is 0.224 e. The standard InChI is InChI=1S/C14H18N2O2S/c1-18-11-6-2-9(3-7-11)8-12(17)16-13(14(15)19)10-4-5-10/h2-3,6-7,10,13H,4-5,8H2,1H3,(H2,15,19)(H,16,17). The number of amides is 1. The quantitative estimate of drug-likeness (QED) is 0.772. The molecule has 0 heterocycles. The Morgan fingerprint density at radius 2 is 2.11 bits per heavy atom. The first-order valence-electron chi connectivity index (χ1n) is 6.31. The molecule has 3 N–H and O–H groups in total. The van der Waals surface area contributed by atoms with E-state index in [1.54, 1.807) is 7.11 Å². The molecule has 1 aromatic carbocycles. The third-order valence-electron chi connectivity index (χ3n) is 3.24. The Bertz CT molecular complexity index is 469. The Hall–Kier alpha value is -1.62. The van der Waals surface area contributed by atoms with Gasteiger partial charge in [-0.1, -0.05) is 24.4 Å².